The number of aromatic nitrogens is 3. The molecule has 0 aliphatic heterocycles. The van der Waals surface area contributed by atoms with E-state index in [1.807, 2.05) is 35.7 Å². The summed E-state index contributed by atoms with van der Waals surface area (Å²) in [6.45, 7) is 2.06. The molecule has 4 aromatic rings. The maximum atomic E-state index is 5.80. The lowest BCUT2D eigenvalue weighted by Gasteiger charge is -2.02. The van der Waals surface area contributed by atoms with Crippen LogP contribution in [0.2, 0.25) is 0 Å². The minimum Gasteiger partial charge on any atom is -0.419 e. The van der Waals surface area contributed by atoms with Gasteiger partial charge in [0.2, 0.25) is 5.89 Å². The van der Waals surface area contributed by atoms with Gasteiger partial charge >= 0.3 is 0 Å². The van der Waals surface area contributed by atoms with Crippen LogP contribution in [0, 0.1) is 0 Å². The standard InChI is InChI=1S/C17H13N3OS3/c1-11(15-19-20-16(21-15)14-8-5-9-22-14)24-17-18-13(10-23-17)12-6-3-2-4-7-12/h2-11H,1H3. The van der Waals surface area contributed by atoms with Gasteiger partial charge in [-0.3, -0.25) is 0 Å². The van der Waals surface area contributed by atoms with Crippen molar-refractivity contribution in [3.63, 3.8) is 0 Å². The van der Waals surface area contributed by atoms with Gasteiger partial charge in [-0.25, -0.2) is 4.98 Å². The molecule has 0 N–H and O–H groups in total. The van der Waals surface area contributed by atoms with Gasteiger partial charge in [-0.15, -0.1) is 32.9 Å². The average molecular weight is 372 g/mol. The smallest absolute Gasteiger partial charge is 0.257 e. The van der Waals surface area contributed by atoms with Crippen molar-refractivity contribution in [3.05, 3.63) is 59.1 Å². The van der Waals surface area contributed by atoms with Gasteiger partial charge in [-0.1, -0.05) is 48.2 Å². The van der Waals surface area contributed by atoms with Crippen LogP contribution in [0.15, 0.2) is 62.0 Å². The minimum absolute atomic E-state index is 0.0565. The zero-order valence-corrected chi connectivity index (χ0v) is 15.2. The highest BCUT2D eigenvalue weighted by molar-refractivity contribution is 8.01. The second-order valence-corrected chi connectivity index (χ2v) is 8.44. The molecule has 0 bridgehead atoms. The molecule has 0 aliphatic rings. The largest absolute Gasteiger partial charge is 0.419 e. The van der Waals surface area contributed by atoms with Gasteiger partial charge in [0.25, 0.3) is 5.89 Å². The van der Waals surface area contributed by atoms with E-state index < -0.39 is 0 Å². The number of thioether (sulfide) groups is 1. The second-order valence-electron chi connectivity index (χ2n) is 5.05. The number of hydrogen-bond donors (Lipinski definition) is 0. The Hall–Kier alpha value is -1.96. The molecule has 0 aliphatic carbocycles. The first-order valence-electron chi connectivity index (χ1n) is 7.34. The summed E-state index contributed by atoms with van der Waals surface area (Å²) in [5, 5.41) is 12.4. The van der Waals surface area contributed by atoms with E-state index in [1.54, 1.807) is 34.4 Å². The van der Waals surface area contributed by atoms with E-state index in [9.17, 15) is 0 Å². The molecule has 1 unspecified atom stereocenters. The van der Waals surface area contributed by atoms with Crippen molar-refractivity contribution < 1.29 is 4.42 Å². The lowest BCUT2D eigenvalue weighted by atomic mass is 10.2. The topological polar surface area (TPSA) is 51.8 Å². The number of nitrogens with zero attached hydrogens (tertiary/aromatic N) is 3. The summed E-state index contributed by atoms with van der Waals surface area (Å²) < 4.78 is 6.80. The molecule has 1 atom stereocenters. The first-order valence-corrected chi connectivity index (χ1v) is 9.98. The molecular weight excluding hydrogens is 358 g/mol. The second kappa shape index (κ2) is 6.88. The van der Waals surface area contributed by atoms with Gasteiger partial charge < -0.3 is 4.42 Å². The fraction of sp³-hybridized carbons (Fsp3) is 0.118. The highest BCUT2D eigenvalue weighted by Gasteiger charge is 2.18. The van der Waals surface area contributed by atoms with Crippen molar-refractivity contribution in [2.75, 3.05) is 0 Å². The molecule has 0 radical (unpaired) electrons. The van der Waals surface area contributed by atoms with Crippen LogP contribution in [0.5, 0.6) is 0 Å². The quantitative estimate of drug-likeness (QED) is 0.417. The molecule has 0 fully saturated rings. The number of benzene rings is 1. The van der Waals surface area contributed by atoms with Crippen LogP contribution in [0.1, 0.15) is 18.1 Å². The summed E-state index contributed by atoms with van der Waals surface area (Å²) in [7, 11) is 0. The van der Waals surface area contributed by atoms with Crippen molar-refractivity contribution in [1.29, 1.82) is 0 Å². The molecule has 4 nitrogen and oxygen atoms in total. The average Bonchev–Trinajstić information content (AvgIpc) is 3.36. The van der Waals surface area contributed by atoms with Crippen molar-refractivity contribution in [2.45, 2.75) is 16.5 Å². The molecule has 0 amide bonds. The van der Waals surface area contributed by atoms with Gasteiger partial charge in [0.15, 0.2) is 4.34 Å². The zero-order chi connectivity index (χ0) is 16.4. The Balaban J connectivity index is 1.49. The summed E-state index contributed by atoms with van der Waals surface area (Å²) in [5.74, 6) is 1.21. The van der Waals surface area contributed by atoms with Crippen LogP contribution in [0.4, 0.5) is 0 Å². The zero-order valence-electron chi connectivity index (χ0n) is 12.7. The Morgan fingerprint density at radius 3 is 2.71 bits per heavy atom. The highest BCUT2D eigenvalue weighted by atomic mass is 32.2. The summed E-state index contributed by atoms with van der Waals surface area (Å²) in [4.78, 5) is 5.69. The highest BCUT2D eigenvalue weighted by Crippen LogP contribution is 2.38. The first kappa shape index (κ1) is 15.6. The molecule has 7 heteroatoms. The predicted molar refractivity (Wildman–Crippen MR) is 99.4 cm³/mol. The number of hydrogen-bond acceptors (Lipinski definition) is 7. The van der Waals surface area contributed by atoms with E-state index in [2.05, 4.69) is 34.6 Å². The van der Waals surface area contributed by atoms with Crippen molar-refractivity contribution in [3.8, 4) is 22.0 Å². The van der Waals surface area contributed by atoms with Crippen LogP contribution >= 0.6 is 34.4 Å². The third-order valence-electron chi connectivity index (χ3n) is 3.35. The fourth-order valence-corrected chi connectivity index (χ4v) is 4.80. The van der Waals surface area contributed by atoms with Gasteiger partial charge in [0.1, 0.15) is 0 Å². The Labute approximate surface area is 151 Å². The monoisotopic (exact) mass is 371 g/mol. The molecule has 24 heavy (non-hydrogen) atoms. The summed E-state index contributed by atoms with van der Waals surface area (Å²) >= 11 is 4.87. The van der Waals surface area contributed by atoms with Gasteiger partial charge in [-0.2, -0.15) is 0 Å². The molecule has 0 saturated heterocycles. The van der Waals surface area contributed by atoms with E-state index in [4.69, 9.17) is 9.40 Å². The SMILES string of the molecule is CC(Sc1nc(-c2ccccc2)cs1)c1nnc(-c2cccs2)o1. The van der Waals surface area contributed by atoms with Gasteiger partial charge in [0.05, 0.1) is 15.8 Å². The molecule has 1 aromatic carbocycles. The molecule has 120 valence electrons. The van der Waals surface area contributed by atoms with Crippen molar-refractivity contribution >= 4 is 34.4 Å². The van der Waals surface area contributed by atoms with Crippen LogP contribution in [-0.4, -0.2) is 15.2 Å². The first-order chi connectivity index (χ1) is 11.8. The maximum absolute atomic E-state index is 5.80. The maximum Gasteiger partial charge on any atom is 0.257 e. The molecule has 3 heterocycles. The van der Waals surface area contributed by atoms with Crippen LogP contribution in [0.3, 0.4) is 0 Å². The van der Waals surface area contributed by atoms with E-state index >= 15 is 0 Å². The molecule has 0 saturated carbocycles. The number of thiazole rings is 1. The van der Waals surface area contributed by atoms with Crippen molar-refractivity contribution in [2.24, 2.45) is 0 Å². The third-order valence-corrected chi connectivity index (χ3v) is 6.27. The van der Waals surface area contributed by atoms with E-state index in [0.29, 0.717) is 11.8 Å². The molecule has 3 aromatic heterocycles. The van der Waals surface area contributed by atoms with Crippen molar-refractivity contribution in [1.82, 2.24) is 15.2 Å². The Morgan fingerprint density at radius 1 is 1.04 bits per heavy atom. The molecule has 4 rings (SSSR count). The normalized spacial score (nSPS) is 12.4. The summed E-state index contributed by atoms with van der Waals surface area (Å²) in [6, 6.07) is 14.1. The summed E-state index contributed by atoms with van der Waals surface area (Å²) in [6.07, 6.45) is 0. The van der Waals surface area contributed by atoms with Gasteiger partial charge in [-0.05, 0) is 18.4 Å². The minimum atomic E-state index is 0.0565. The van der Waals surface area contributed by atoms with Crippen LogP contribution in [-0.2, 0) is 0 Å². The Bertz CT molecular complexity index is 916. The third kappa shape index (κ3) is 3.28. The van der Waals surface area contributed by atoms with E-state index in [1.165, 1.54) is 0 Å². The van der Waals surface area contributed by atoms with Gasteiger partial charge in [0, 0.05) is 10.9 Å². The number of thiophene rings is 1. The Morgan fingerprint density at radius 2 is 1.92 bits per heavy atom. The van der Waals surface area contributed by atoms with E-state index in [-0.39, 0.29) is 5.25 Å². The molecule has 0 spiro atoms. The van der Waals surface area contributed by atoms with Crippen LogP contribution in [0.25, 0.3) is 22.0 Å². The Kier molecular flexibility index (Phi) is 4.46. The molecular formula is C17H13N3OS3. The number of rotatable bonds is 5. The fourth-order valence-electron chi connectivity index (χ4n) is 2.15. The van der Waals surface area contributed by atoms with Crippen LogP contribution < -0.4 is 0 Å². The summed E-state index contributed by atoms with van der Waals surface area (Å²) in [5.41, 5.74) is 2.13. The predicted octanol–water partition coefficient (Wildman–Crippen LogP) is 5.77. The lowest BCUT2D eigenvalue weighted by Crippen LogP contribution is -1.88. The van der Waals surface area contributed by atoms with E-state index in [0.717, 1.165) is 20.5 Å². The lowest BCUT2D eigenvalue weighted by molar-refractivity contribution is 0.510.